The highest BCUT2D eigenvalue weighted by Gasteiger charge is 2.23. The van der Waals surface area contributed by atoms with Crippen molar-refractivity contribution in [3.63, 3.8) is 0 Å². The van der Waals surface area contributed by atoms with E-state index in [1.807, 2.05) is 12.1 Å². The fourth-order valence-corrected chi connectivity index (χ4v) is 4.05. The first kappa shape index (κ1) is 17.2. The number of nitrogens with zero attached hydrogens (tertiary/aromatic N) is 1. The van der Waals surface area contributed by atoms with E-state index in [1.165, 1.54) is 31.2 Å². The maximum Gasteiger partial charge on any atom is 0.0543 e. The molecule has 1 heterocycles. The van der Waals surface area contributed by atoms with Gasteiger partial charge in [-0.1, -0.05) is 30.2 Å². The van der Waals surface area contributed by atoms with Crippen LogP contribution in [0.5, 0.6) is 0 Å². The number of rotatable bonds is 5. The number of aliphatic hydroxyl groups is 1. The predicted molar refractivity (Wildman–Crippen MR) is 95.7 cm³/mol. The number of benzene rings is 1. The van der Waals surface area contributed by atoms with E-state index in [0.717, 1.165) is 44.0 Å². The highest BCUT2D eigenvalue weighted by molar-refractivity contribution is 6.30. The Morgan fingerprint density at radius 2 is 1.83 bits per heavy atom. The van der Waals surface area contributed by atoms with Crippen LogP contribution >= 0.6 is 11.6 Å². The zero-order valence-electron chi connectivity index (χ0n) is 13.9. The van der Waals surface area contributed by atoms with Crippen LogP contribution in [0.25, 0.3) is 0 Å². The molecule has 0 spiro atoms. The molecular weight excluding hydrogens is 308 g/mol. The number of hydrogen-bond acceptors (Lipinski definition) is 3. The molecule has 2 fully saturated rings. The molecule has 2 N–H and O–H groups in total. The summed E-state index contributed by atoms with van der Waals surface area (Å²) < 4.78 is 0. The van der Waals surface area contributed by atoms with Crippen molar-refractivity contribution in [2.75, 3.05) is 19.6 Å². The third-order valence-corrected chi connectivity index (χ3v) is 5.61. The molecular formula is C19H29ClN2O. The molecule has 0 aromatic heterocycles. The molecule has 2 aliphatic rings. The second-order valence-electron chi connectivity index (χ2n) is 7.27. The SMILES string of the molecule is OC1CCCC(CNC2CCN(Cc3ccc(Cl)cc3)CC2)C1. The summed E-state index contributed by atoms with van der Waals surface area (Å²) in [4.78, 5) is 2.53. The van der Waals surface area contributed by atoms with Gasteiger partial charge < -0.3 is 10.4 Å². The van der Waals surface area contributed by atoms with Gasteiger partial charge in [0, 0.05) is 17.6 Å². The van der Waals surface area contributed by atoms with Crippen LogP contribution in [-0.2, 0) is 6.54 Å². The summed E-state index contributed by atoms with van der Waals surface area (Å²) in [7, 11) is 0. The number of nitrogens with one attached hydrogen (secondary N) is 1. The highest BCUT2D eigenvalue weighted by atomic mass is 35.5. The lowest BCUT2D eigenvalue weighted by molar-refractivity contribution is 0.0975. The van der Waals surface area contributed by atoms with E-state index in [9.17, 15) is 5.11 Å². The van der Waals surface area contributed by atoms with Crippen LogP contribution < -0.4 is 5.32 Å². The molecule has 1 aliphatic carbocycles. The van der Waals surface area contributed by atoms with Crippen LogP contribution in [0.3, 0.4) is 0 Å². The van der Waals surface area contributed by atoms with Crippen LogP contribution in [0.1, 0.15) is 44.1 Å². The summed E-state index contributed by atoms with van der Waals surface area (Å²) in [6.07, 6.45) is 6.84. The summed E-state index contributed by atoms with van der Waals surface area (Å²) in [5.74, 6) is 0.672. The predicted octanol–water partition coefficient (Wildman–Crippen LogP) is 3.45. The average molecular weight is 337 g/mol. The largest absolute Gasteiger partial charge is 0.393 e. The summed E-state index contributed by atoms with van der Waals surface area (Å²) >= 11 is 5.94. The monoisotopic (exact) mass is 336 g/mol. The number of halogens is 1. The second-order valence-corrected chi connectivity index (χ2v) is 7.71. The molecule has 0 bridgehead atoms. The van der Waals surface area contributed by atoms with Gasteiger partial charge in [-0.2, -0.15) is 0 Å². The molecule has 1 aromatic rings. The Hall–Kier alpha value is -0.610. The number of likely N-dealkylation sites (tertiary alicyclic amines) is 1. The van der Waals surface area contributed by atoms with Crippen LogP contribution in [-0.4, -0.2) is 41.8 Å². The lowest BCUT2D eigenvalue weighted by Gasteiger charge is -2.34. The summed E-state index contributed by atoms with van der Waals surface area (Å²) in [5.41, 5.74) is 1.34. The third-order valence-electron chi connectivity index (χ3n) is 5.36. The Kier molecular flexibility index (Phi) is 6.35. The maximum absolute atomic E-state index is 9.77. The fraction of sp³-hybridized carbons (Fsp3) is 0.684. The van der Waals surface area contributed by atoms with Gasteiger partial charge in [-0.15, -0.1) is 0 Å². The van der Waals surface area contributed by atoms with Crippen molar-refractivity contribution in [2.45, 2.75) is 57.2 Å². The highest BCUT2D eigenvalue weighted by Crippen LogP contribution is 2.24. The normalized spacial score (nSPS) is 27.2. The van der Waals surface area contributed by atoms with Crippen molar-refractivity contribution in [3.05, 3.63) is 34.9 Å². The molecule has 4 heteroatoms. The molecule has 0 amide bonds. The van der Waals surface area contributed by atoms with Crippen LogP contribution in [0.2, 0.25) is 5.02 Å². The van der Waals surface area contributed by atoms with E-state index < -0.39 is 0 Å². The van der Waals surface area contributed by atoms with Crippen molar-refractivity contribution in [3.8, 4) is 0 Å². The lowest BCUT2D eigenvalue weighted by Crippen LogP contribution is -2.44. The summed E-state index contributed by atoms with van der Waals surface area (Å²) in [6, 6.07) is 8.85. The zero-order chi connectivity index (χ0) is 16.1. The van der Waals surface area contributed by atoms with Gasteiger partial charge in [-0.25, -0.2) is 0 Å². The molecule has 0 radical (unpaired) electrons. The first-order valence-corrected chi connectivity index (χ1v) is 9.45. The number of piperidine rings is 1. The number of aliphatic hydroxyl groups excluding tert-OH is 1. The van der Waals surface area contributed by atoms with E-state index in [0.29, 0.717) is 12.0 Å². The van der Waals surface area contributed by atoms with Crippen molar-refractivity contribution in [1.82, 2.24) is 10.2 Å². The van der Waals surface area contributed by atoms with E-state index in [2.05, 4.69) is 22.3 Å². The average Bonchev–Trinajstić information content (AvgIpc) is 2.56. The van der Waals surface area contributed by atoms with Crippen molar-refractivity contribution >= 4 is 11.6 Å². The van der Waals surface area contributed by atoms with Crippen molar-refractivity contribution in [1.29, 1.82) is 0 Å². The molecule has 1 aromatic carbocycles. The first-order chi connectivity index (χ1) is 11.2. The van der Waals surface area contributed by atoms with E-state index >= 15 is 0 Å². The van der Waals surface area contributed by atoms with E-state index in [1.54, 1.807) is 0 Å². The quantitative estimate of drug-likeness (QED) is 0.864. The van der Waals surface area contributed by atoms with Crippen LogP contribution in [0.15, 0.2) is 24.3 Å². The minimum atomic E-state index is -0.0585. The molecule has 3 rings (SSSR count). The van der Waals surface area contributed by atoms with Gasteiger partial charge in [-0.3, -0.25) is 4.90 Å². The minimum Gasteiger partial charge on any atom is -0.393 e. The smallest absolute Gasteiger partial charge is 0.0543 e. The molecule has 3 nitrogen and oxygen atoms in total. The Labute approximate surface area is 145 Å². The van der Waals surface area contributed by atoms with E-state index in [4.69, 9.17) is 11.6 Å². The summed E-state index contributed by atoms with van der Waals surface area (Å²) in [5, 5.41) is 14.3. The van der Waals surface area contributed by atoms with Gasteiger partial charge in [0.2, 0.25) is 0 Å². The Balaban J connectivity index is 1.36. The van der Waals surface area contributed by atoms with Gasteiger partial charge in [0.15, 0.2) is 0 Å². The van der Waals surface area contributed by atoms with Gasteiger partial charge in [-0.05, 0) is 75.4 Å². The lowest BCUT2D eigenvalue weighted by atomic mass is 9.87. The van der Waals surface area contributed by atoms with Crippen molar-refractivity contribution < 1.29 is 5.11 Å². The van der Waals surface area contributed by atoms with E-state index in [-0.39, 0.29) is 6.10 Å². The molecule has 1 saturated carbocycles. The van der Waals surface area contributed by atoms with Gasteiger partial charge >= 0.3 is 0 Å². The zero-order valence-corrected chi connectivity index (χ0v) is 14.6. The second kappa shape index (κ2) is 8.48. The number of hydrogen-bond donors (Lipinski definition) is 2. The third kappa shape index (κ3) is 5.46. The standard InChI is InChI=1S/C19H29ClN2O/c20-17-6-4-15(5-7-17)14-22-10-8-18(9-11-22)21-13-16-2-1-3-19(23)12-16/h4-7,16,18-19,21,23H,1-3,8-14H2. The summed E-state index contributed by atoms with van der Waals surface area (Å²) in [6.45, 7) is 4.43. The molecule has 1 aliphatic heterocycles. The van der Waals surface area contributed by atoms with Crippen molar-refractivity contribution in [2.24, 2.45) is 5.92 Å². The van der Waals surface area contributed by atoms with Gasteiger partial charge in [0.05, 0.1) is 6.10 Å². The molecule has 2 unspecified atom stereocenters. The Morgan fingerprint density at radius 3 is 2.52 bits per heavy atom. The first-order valence-electron chi connectivity index (χ1n) is 9.07. The fourth-order valence-electron chi connectivity index (χ4n) is 3.92. The van der Waals surface area contributed by atoms with Gasteiger partial charge in [0.25, 0.3) is 0 Å². The molecule has 2 atom stereocenters. The Bertz CT molecular complexity index is 471. The Morgan fingerprint density at radius 1 is 1.09 bits per heavy atom. The molecule has 128 valence electrons. The van der Waals surface area contributed by atoms with Crippen LogP contribution in [0, 0.1) is 5.92 Å². The maximum atomic E-state index is 9.77. The minimum absolute atomic E-state index is 0.0585. The molecule has 23 heavy (non-hydrogen) atoms. The van der Waals surface area contributed by atoms with Crippen LogP contribution in [0.4, 0.5) is 0 Å². The topological polar surface area (TPSA) is 35.5 Å². The molecule has 1 saturated heterocycles. The van der Waals surface area contributed by atoms with Gasteiger partial charge in [0.1, 0.15) is 0 Å².